The van der Waals surface area contributed by atoms with Gasteiger partial charge in [-0.1, -0.05) is 30.3 Å². The Kier molecular flexibility index (Phi) is 5.53. The Morgan fingerprint density at radius 2 is 1.78 bits per heavy atom. The van der Waals surface area contributed by atoms with Crippen molar-refractivity contribution in [2.24, 2.45) is 7.05 Å². The summed E-state index contributed by atoms with van der Waals surface area (Å²) in [6, 6.07) is 15.3. The maximum absolute atomic E-state index is 12.6. The molecule has 4 aromatic rings. The molecule has 1 aliphatic carbocycles. The highest BCUT2D eigenvalue weighted by molar-refractivity contribution is 5.95. The molecule has 5 rings (SSSR count). The first-order valence-electron chi connectivity index (χ1n) is 11.2. The number of carbonyl (C=O) groups is 2. The maximum atomic E-state index is 12.6. The van der Waals surface area contributed by atoms with Crippen molar-refractivity contribution in [2.75, 3.05) is 0 Å². The van der Waals surface area contributed by atoms with E-state index in [4.69, 9.17) is 0 Å². The van der Waals surface area contributed by atoms with Crippen molar-refractivity contribution >= 4 is 22.7 Å². The Hall–Kier alpha value is -4.22. The van der Waals surface area contributed by atoms with Gasteiger partial charge in [0.15, 0.2) is 0 Å². The number of carbonyl (C=O) groups excluding carboxylic acids is 2. The fourth-order valence-corrected chi connectivity index (χ4v) is 4.25. The van der Waals surface area contributed by atoms with E-state index >= 15 is 0 Å². The summed E-state index contributed by atoms with van der Waals surface area (Å²) in [5, 5.41) is 18.0. The zero-order chi connectivity index (χ0) is 25.7. The number of amides is 2. The molecule has 2 amide bonds. The van der Waals surface area contributed by atoms with E-state index in [1.54, 1.807) is 7.05 Å². The molecule has 186 valence electrons. The van der Waals surface area contributed by atoms with E-state index in [-0.39, 0.29) is 19.4 Å². The second kappa shape index (κ2) is 8.47. The van der Waals surface area contributed by atoms with Crippen molar-refractivity contribution in [2.45, 2.75) is 38.0 Å². The number of hydrogen-bond donors (Lipinski definition) is 2. The molecule has 0 saturated heterocycles. The number of halogens is 3. The lowest BCUT2D eigenvalue weighted by molar-refractivity contribution is -0.175. The molecule has 0 atom stereocenters. The number of benzene rings is 2. The highest BCUT2D eigenvalue weighted by atomic mass is 19.4. The number of nitrogens with zero attached hydrogens (tertiary/aromatic N) is 5. The molecule has 2 heterocycles. The number of fused-ring (bicyclic) bond motifs is 1. The predicted molar refractivity (Wildman–Crippen MR) is 124 cm³/mol. The normalized spacial score (nSPS) is 14.6. The molecule has 0 aliphatic heterocycles. The Bertz CT molecular complexity index is 1470. The van der Waals surface area contributed by atoms with Gasteiger partial charge in [-0.2, -0.15) is 18.0 Å². The van der Waals surface area contributed by atoms with Crippen LogP contribution in [-0.2, 0) is 23.2 Å². The molecule has 0 bridgehead atoms. The molecule has 2 aromatic heterocycles. The fraction of sp³-hybridized carbons (Fsp3) is 0.292. The summed E-state index contributed by atoms with van der Waals surface area (Å²) in [6.07, 6.45) is -4.70. The van der Waals surface area contributed by atoms with Crippen molar-refractivity contribution in [1.29, 1.82) is 0 Å². The molecule has 2 N–H and O–H groups in total. The van der Waals surface area contributed by atoms with E-state index in [9.17, 15) is 22.8 Å². The van der Waals surface area contributed by atoms with Crippen LogP contribution in [0.25, 0.3) is 28.1 Å². The third-order valence-electron chi connectivity index (χ3n) is 6.29. The van der Waals surface area contributed by atoms with Gasteiger partial charge in [0.2, 0.25) is 11.7 Å². The van der Waals surface area contributed by atoms with Gasteiger partial charge in [0, 0.05) is 17.6 Å². The minimum Gasteiger partial charge on any atom is -0.350 e. The van der Waals surface area contributed by atoms with Crippen LogP contribution >= 0.6 is 0 Å². The molecule has 12 heteroatoms. The zero-order valence-corrected chi connectivity index (χ0v) is 19.4. The fourth-order valence-electron chi connectivity index (χ4n) is 4.25. The number of aromatic nitrogens is 5. The van der Waals surface area contributed by atoms with Crippen LogP contribution in [0.2, 0.25) is 0 Å². The zero-order valence-electron chi connectivity index (χ0n) is 19.4. The molecule has 1 saturated carbocycles. The van der Waals surface area contributed by atoms with Crippen molar-refractivity contribution in [3.05, 3.63) is 59.7 Å². The number of alkyl halides is 3. The number of rotatable bonds is 6. The quantitative estimate of drug-likeness (QED) is 0.426. The summed E-state index contributed by atoms with van der Waals surface area (Å²) < 4.78 is 39.8. The molecular formula is C24H22F3N7O2. The SMILES string of the molecule is Cc1c(-c2nnn(C)n2)n(-c2ccc(CNC(=O)C3(NC(=O)C(F)(F)F)CC3)cc2)c2ccccc12. The summed E-state index contributed by atoms with van der Waals surface area (Å²) in [7, 11) is 1.70. The van der Waals surface area contributed by atoms with Crippen LogP contribution in [0.3, 0.4) is 0 Å². The lowest BCUT2D eigenvalue weighted by atomic mass is 10.1. The van der Waals surface area contributed by atoms with Gasteiger partial charge < -0.3 is 15.2 Å². The van der Waals surface area contributed by atoms with Crippen molar-refractivity contribution in [3.63, 3.8) is 0 Å². The predicted octanol–water partition coefficient (Wildman–Crippen LogP) is 2.96. The molecule has 2 aromatic carbocycles. The van der Waals surface area contributed by atoms with Crippen LogP contribution < -0.4 is 10.6 Å². The minimum absolute atomic E-state index is 0.104. The number of tetrazole rings is 1. The number of nitrogens with one attached hydrogen (secondary N) is 2. The Morgan fingerprint density at radius 1 is 1.08 bits per heavy atom. The van der Waals surface area contributed by atoms with Crippen LogP contribution in [0.5, 0.6) is 0 Å². The van der Waals surface area contributed by atoms with Crippen LogP contribution in [0.1, 0.15) is 24.0 Å². The van der Waals surface area contributed by atoms with Crippen LogP contribution in [-0.4, -0.2) is 48.3 Å². The van der Waals surface area contributed by atoms with Gasteiger partial charge in [0.05, 0.1) is 18.3 Å². The molecule has 1 fully saturated rings. The Balaban J connectivity index is 1.37. The smallest absolute Gasteiger partial charge is 0.350 e. The largest absolute Gasteiger partial charge is 0.471 e. The van der Waals surface area contributed by atoms with Gasteiger partial charge in [-0.25, -0.2) is 0 Å². The van der Waals surface area contributed by atoms with Gasteiger partial charge >= 0.3 is 12.1 Å². The van der Waals surface area contributed by atoms with Crippen molar-refractivity contribution < 1.29 is 22.8 Å². The molecule has 1 aliphatic rings. The third-order valence-corrected chi connectivity index (χ3v) is 6.29. The second-order valence-corrected chi connectivity index (χ2v) is 8.81. The molecule has 0 unspecified atom stereocenters. The summed E-state index contributed by atoms with van der Waals surface area (Å²) in [5.41, 5.74) is 2.87. The minimum atomic E-state index is -5.04. The van der Waals surface area contributed by atoms with E-state index < -0.39 is 23.5 Å². The first-order chi connectivity index (χ1) is 17.1. The van der Waals surface area contributed by atoms with E-state index in [0.717, 1.165) is 33.4 Å². The number of hydrogen-bond acceptors (Lipinski definition) is 5. The van der Waals surface area contributed by atoms with Crippen LogP contribution in [0, 0.1) is 6.92 Å². The molecule has 0 radical (unpaired) electrons. The van der Waals surface area contributed by atoms with Gasteiger partial charge in [0.1, 0.15) is 5.54 Å². The van der Waals surface area contributed by atoms with Gasteiger partial charge in [0.25, 0.3) is 0 Å². The summed E-state index contributed by atoms with van der Waals surface area (Å²) in [6.45, 7) is 2.10. The maximum Gasteiger partial charge on any atom is 0.471 e. The summed E-state index contributed by atoms with van der Waals surface area (Å²) in [4.78, 5) is 25.1. The summed E-state index contributed by atoms with van der Waals surface area (Å²) in [5.74, 6) is -2.26. The third kappa shape index (κ3) is 4.18. The van der Waals surface area contributed by atoms with E-state index in [1.165, 1.54) is 4.80 Å². The van der Waals surface area contributed by atoms with Gasteiger partial charge in [-0.3, -0.25) is 9.59 Å². The molecule has 36 heavy (non-hydrogen) atoms. The second-order valence-electron chi connectivity index (χ2n) is 8.81. The standard InChI is InChI=1S/C24H22F3N7O2/c1-14-17-5-3-4-6-18(17)34(19(14)20-30-32-33(2)31-20)16-9-7-15(8-10-16)13-28-21(35)23(11-12-23)29-22(36)24(25,26)27/h3-10H,11-13H2,1-2H3,(H,28,35)(H,29,36). The van der Waals surface area contributed by atoms with Crippen LogP contribution in [0.15, 0.2) is 48.5 Å². The first kappa shape index (κ1) is 23.5. The van der Waals surface area contributed by atoms with Crippen LogP contribution in [0.4, 0.5) is 13.2 Å². The topological polar surface area (TPSA) is 107 Å². The van der Waals surface area contributed by atoms with Crippen molar-refractivity contribution in [1.82, 2.24) is 35.4 Å². The average Bonchev–Trinajstić information content (AvgIpc) is 3.41. The lowest BCUT2D eigenvalue weighted by Crippen LogP contribution is -2.52. The van der Waals surface area contributed by atoms with E-state index in [1.807, 2.05) is 65.3 Å². The Labute approximate surface area is 203 Å². The van der Waals surface area contributed by atoms with Crippen molar-refractivity contribution in [3.8, 4) is 17.2 Å². The number of aryl methyl sites for hydroxylation is 2. The summed E-state index contributed by atoms with van der Waals surface area (Å²) >= 11 is 0. The highest BCUT2D eigenvalue weighted by Crippen LogP contribution is 2.37. The lowest BCUT2D eigenvalue weighted by Gasteiger charge is -2.18. The molecule has 9 nitrogen and oxygen atoms in total. The Morgan fingerprint density at radius 3 is 2.39 bits per heavy atom. The number of para-hydroxylation sites is 1. The first-order valence-corrected chi connectivity index (χ1v) is 11.2. The molecule has 0 spiro atoms. The van der Waals surface area contributed by atoms with E-state index in [2.05, 4.69) is 20.7 Å². The highest BCUT2D eigenvalue weighted by Gasteiger charge is 2.54. The van der Waals surface area contributed by atoms with Gasteiger partial charge in [-0.05, 0) is 54.3 Å². The monoisotopic (exact) mass is 497 g/mol. The van der Waals surface area contributed by atoms with E-state index in [0.29, 0.717) is 5.82 Å². The average molecular weight is 497 g/mol. The molecular weight excluding hydrogens is 475 g/mol. The van der Waals surface area contributed by atoms with Gasteiger partial charge in [-0.15, -0.1) is 10.2 Å².